The van der Waals surface area contributed by atoms with Gasteiger partial charge < -0.3 is 10.6 Å². The lowest BCUT2D eigenvalue weighted by Crippen LogP contribution is -2.04. The molecule has 0 aliphatic carbocycles. The minimum atomic E-state index is -0.451. The van der Waals surface area contributed by atoms with E-state index >= 15 is 0 Å². The van der Waals surface area contributed by atoms with E-state index in [1.165, 1.54) is 17.4 Å². The summed E-state index contributed by atoms with van der Waals surface area (Å²) in [5, 5.41) is 19.5. The number of anilines is 2. The first-order chi connectivity index (χ1) is 9.63. The predicted molar refractivity (Wildman–Crippen MR) is 74.9 cm³/mol. The van der Waals surface area contributed by atoms with Crippen molar-refractivity contribution in [3.63, 3.8) is 0 Å². The van der Waals surface area contributed by atoms with E-state index in [0.29, 0.717) is 23.5 Å². The maximum absolute atomic E-state index is 11.3. The number of carbonyl (C=O) groups is 1. The van der Waals surface area contributed by atoms with Gasteiger partial charge in [-0.15, -0.1) is 11.3 Å². The molecular weight excluding hydrogens is 280 g/mol. The first kappa shape index (κ1) is 12.5. The highest BCUT2D eigenvalue weighted by molar-refractivity contribution is 7.09. The molecule has 2 N–H and O–H groups in total. The van der Waals surface area contributed by atoms with Crippen LogP contribution in [0.3, 0.4) is 0 Å². The monoisotopic (exact) mass is 290 g/mol. The van der Waals surface area contributed by atoms with Gasteiger partial charge in [0.25, 0.3) is 5.69 Å². The molecule has 102 valence electrons. The number of nitrogens with zero attached hydrogens (tertiary/aromatic N) is 2. The third-order valence-corrected chi connectivity index (χ3v) is 3.74. The van der Waals surface area contributed by atoms with Gasteiger partial charge in [-0.05, 0) is 11.6 Å². The summed E-state index contributed by atoms with van der Waals surface area (Å²) in [5.41, 5.74) is 1.63. The van der Waals surface area contributed by atoms with Crippen molar-refractivity contribution < 1.29 is 9.72 Å². The molecule has 1 aromatic carbocycles. The summed E-state index contributed by atoms with van der Waals surface area (Å²) < 4.78 is 0. The van der Waals surface area contributed by atoms with E-state index in [4.69, 9.17) is 0 Å². The maximum Gasteiger partial charge on any atom is 0.292 e. The Morgan fingerprint density at radius 2 is 2.35 bits per heavy atom. The molecule has 1 aromatic heterocycles. The molecule has 1 aliphatic heterocycles. The molecule has 0 unspecified atom stereocenters. The van der Waals surface area contributed by atoms with Crippen LogP contribution in [0, 0.1) is 10.1 Å². The zero-order chi connectivity index (χ0) is 14.1. The number of nitro groups is 1. The molecule has 0 saturated carbocycles. The summed E-state index contributed by atoms with van der Waals surface area (Å²) in [7, 11) is 0. The Bertz CT molecular complexity index is 684. The van der Waals surface area contributed by atoms with E-state index in [1.807, 2.05) is 5.38 Å². The van der Waals surface area contributed by atoms with Crippen LogP contribution in [0.25, 0.3) is 0 Å². The van der Waals surface area contributed by atoms with Gasteiger partial charge in [-0.1, -0.05) is 0 Å². The molecule has 1 amide bonds. The minimum Gasteiger partial charge on any atom is -0.373 e. The van der Waals surface area contributed by atoms with E-state index in [2.05, 4.69) is 15.6 Å². The van der Waals surface area contributed by atoms with Crippen LogP contribution in [0.4, 0.5) is 17.1 Å². The van der Waals surface area contributed by atoms with Crippen molar-refractivity contribution in [3.05, 3.63) is 44.4 Å². The number of rotatable bonds is 4. The normalized spacial score (nSPS) is 12.9. The number of hydrogen-bond acceptors (Lipinski definition) is 6. The van der Waals surface area contributed by atoms with E-state index < -0.39 is 4.92 Å². The summed E-state index contributed by atoms with van der Waals surface area (Å²) in [6.45, 7) is 0.408. The first-order valence-corrected chi connectivity index (χ1v) is 6.75. The van der Waals surface area contributed by atoms with Gasteiger partial charge in [0, 0.05) is 23.3 Å². The van der Waals surface area contributed by atoms with Crippen LogP contribution in [0.5, 0.6) is 0 Å². The van der Waals surface area contributed by atoms with Gasteiger partial charge in [-0.2, -0.15) is 0 Å². The summed E-state index contributed by atoms with van der Waals surface area (Å²) in [4.78, 5) is 26.1. The second-order valence-electron chi connectivity index (χ2n) is 4.29. The fraction of sp³-hybridized carbons (Fsp3) is 0.167. The quantitative estimate of drug-likeness (QED) is 0.664. The van der Waals surface area contributed by atoms with Crippen LogP contribution in [-0.4, -0.2) is 15.8 Å². The molecule has 2 heterocycles. The lowest BCUT2D eigenvalue weighted by atomic mass is 10.1. The van der Waals surface area contributed by atoms with E-state index in [1.54, 1.807) is 12.3 Å². The zero-order valence-electron chi connectivity index (χ0n) is 10.3. The maximum atomic E-state index is 11.3. The highest BCUT2D eigenvalue weighted by Crippen LogP contribution is 2.34. The standard InChI is InChI=1S/C12H10N4O3S/c17-11-4-7-3-10(16(18)19)9(5-8(7)15-11)14-6-12-13-1-2-20-12/h1-3,5,14H,4,6H2,(H,15,17). The van der Waals surface area contributed by atoms with Crippen molar-refractivity contribution in [1.82, 2.24) is 4.98 Å². The molecule has 2 aromatic rings. The number of aromatic nitrogens is 1. The Morgan fingerprint density at radius 3 is 3.05 bits per heavy atom. The highest BCUT2D eigenvalue weighted by atomic mass is 32.1. The van der Waals surface area contributed by atoms with Gasteiger partial charge in [0.05, 0.1) is 17.9 Å². The molecule has 3 rings (SSSR count). The van der Waals surface area contributed by atoms with Crippen LogP contribution in [0.15, 0.2) is 23.7 Å². The molecule has 0 fully saturated rings. The number of thiazole rings is 1. The molecule has 7 nitrogen and oxygen atoms in total. The number of nitro benzene ring substituents is 1. The Balaban J connectivity index is 1.90. The third kappa shape index (κ3) is 2.32. The van der Waals surface area contributed by atoms with Crippen molar-refractivity contribution in [3.8, 4) is 0 Å². The van der Waals surface area contributed by atoms with Crippen LogP contribution < -0.4 is 10.6 Å². The molecule has 1 aliphatic rings. The molecular formula is C12H10N4O3S. The summed E-state index contributed by atoms with van der Waals surface area (Å²) in [6.07, 6.45) is 1.86. The molecule has 0 saturated heterocycles. The second-order valence-corrected chi connectivity index (χ2v) is 5.27. The zero-order valence-corrected chi connectivity index (χ0v) is 11.1. The predicted octanol–water partition coefficient (Wildman–Crippen LogP) is 2.16. The van der Waals surface area contributed by atoms with E-state index in [0.717, 1.165) is 5.01 Å². The SMILES string of the molecule is O=C1Cc2cc([N+](=O)[O-])c(NCc3nccs3)cc2N1. The minimum absolute atomic E-state index is 0.0307. The van der Waals surface area contributed by atoms with E-state index in [9.17, 15) is 14.9 Å². The van der Waals surface area contributed by atoms with Gasteiger partial charge in [0.15, 0.2) is 0 Å². The number of amides is 1. The van der Waals surface area contributed by atoms with Crippen molar-refractivity contribution in [2.75, 3.05) is 10.6 Å². The Kier molecular flexibility index (Phi) is 3.07. The van der Waals surface area contributed by atoms with Gasteiger partial charge in [-0.3, -0.25) is 14.9 Å². The molecule has 20 heavy (non-hydrogen) atoms. The second kappa shape index (κ2) is 4.89. The fourth-order valence-corrected chi connectivity index (χ4v) is 2.62. The first-order valence-electron chi connectivity index (χ1n) is 5.87. The van der Waals surface area contributed by atoms with Gasteiger partial charge in [0.1, 0.15) is 10.7 Å². The number of fused-ring (bicyclic) bond motifs is 1. The highest BCUT2D eigenvalue weighted by Gasteiger charge is 2.24. The number of hydrogen-bond donors (Lipinski definition) is 2. The topological polar surface area (TPSA) is 97.2 Å². The van der Waals surface area contributed by atoms with Crippen LogP contribution >= 0.6 is 11.3 Å². The third-order valence-electron chi connectivity index (χ3n) is 2.96. The van der Waals surface area contributed by atoms with Crippen molar-refractivity contribution in [2.24, 2.45) is 0 Å². The number of carbonyl (C=O) groups excluding carboxylic acids is 1. The molecule has 0 atom stereocenters. The number of nitrogens with one attached hydrogen (secondary N) is 2. The summed E-state index contributed by atoms with van der Waals surface area (Å²) >= 11 is 1.47. The summed E-state index contributed by atoms with van der Waals surface area (Å²) in [5.74, 6) is -0.147. The Morgan fingerprint density at radius 1 is 1.50 bits per heavy atom. The van der Waals surface area contributed by atoms with E-state index in [-0.39, 0.29) is 18.0 Å². The fourth-order valence-electron chi connectivity index (χ4n) is 2.07. The lowest BCUT2D eigenvalue weighted by Gasteiger charge is -2.08. The van der Waals surface area contributed by atoms with Gasteiger partial charge >= 0.3 is 0 Å². The Hall–Kier alpha value is -2.48. The largest absolute Gasteiger partial charge is 0.373 e. The molecule has 0 spiro atoms. The van der Waals surface area contributed by atoms with Crippen molar-refractivity contribution in [1.29, 1.82) is 0 Å². The summed E-state index contributed by atoms with van der Waals surface area (Å²) in [6, 6.07) is 3.05. The average molecular weight is 290 g/mol. The van der Waals surface area contributed by atoms with Gasteiger partial charge in [-0.25, -0.2) is 4.98 Å². The van der Waals surface area contributed by atoms with Crippen molar-refractivity contribution >= 4 is 34.3 Å². The lowest BCUT2D eigenvalue weighted by molar-refractivity contribution is -0.384. The smallest absolute Gasteiger partial charge is 0.292 e. The molecule has 0 radical (unpaired) electrons. The average Bonchev–Trinajstić information content (AvgIpc) is 3.02. The van der Waals surface area contributed by atoms with Crippen LogP contribution in [0.1, 0.15) is 10.6 Å². The van der Waals surface area contributed by atoms with Crippen LogP contribution in [0.2, 0.25) is 0 Å². The van der Waals surface area contributed by atoms with Crippen LogP contribution in [-0.2, 0) is 17.8 Å². The van der Waals surface area contributed by atoms with Gasteiger partial charge in [0.2, 0.25) is 5.91 Å². The molecule has 0 bridgehead atoms. The number of benzene rings is 1. The van der Waals surface area contributed by atoms with Crippen molar-refractivity contribution in [2.45, 2.75) is 13.0 Å². The molecule has 8 heteroatoms. The Labute approximate surface area is 117 Å².